The second-order valence-electron chi connectivity index (χ2n) is 5.14. The first-order valence-electron chi connectivity index (χ1n) is 7.20. The molecule has 0 aliphatic carbocycles. The number of nitrogens with zero attached hydrogens (tertiary/aromatic N) is 2. The fraction of sp³-hybridized carbons (Fsp3) is 0.533. The molecule has 5 nitrogen and oxygen atoms in total. The predicted molar refractivity (Wildman–Crippen MR) is 78.8 cm³/mol. The van der Waals surface area contributed by atoms with Gasteiger partial charge in [0, 0.05) is 33.2 Å². The summed E-state index contributed by atoms with van der Waals surface area (Å²) in [6.45, 7) is 5.05. The number of likely N-dealkylation sites (N-methyl/N-ethyl adjacent to an activating group) is 1. The van der Waals surface area contributed by atoms with Crippen LogP contribution in [-0.4, -0.2) is 68.6 Å². The third kappa shape index (κ3) is 5.32. The summed E-state index contributed by atoms with van der Waals surface area (Å²) in [6, 6.07) is 5.87. The van der Waals surface area contributed by atoms with Crippen LogP contribution >= 0.6 is 0 Å². The quantitative estimate of drug-likeness (QED) is 0.833. The van der Waals surface area contributed by atoms with Crippen LogP contribution in [0.4, 0.5) is 4.39 Å². The van der Waals surface area contributed by atoms with E-state index in [2.05, 4.69) is 10.2 Å². The number of piperazine rings is 1. The van der Waals surface area contributed by atoms with Crippen LogP contribution in [-0.2, 0) is 4.79 Å². The fourth-order valence-corrected chi connectivity index (χ4v) is 2.14. The number of hydrogen-bond donors (Lipinski definition) is 1. The van der Waals surface area contributed by atoms with E-state index in [9.17, 15) is 9.18 Å². The zero-order valence-corrected chi connectivity index (χ0v) is 12.3. The van der Waals surface area contributed by atoms with Crippen molar-refractivity contribution in [1.82, 2.24) is 15.1 Å². The summed E-state index contributed by atoms with van der Waals surface area (Å²) >= 11 is 0. The highest BCUT2D eigenvalue weighted by molar-refractivity contribution is 5.78. The van der Waals surface area contributed by atoms with Gasteiger partial charge in [0.2, 0.25) is 5.91 Å². The summed E-state index contributed by atoms with van der Waals surface area (Å²) < 4.78 is 18.2. The van der Waals surface area contributed by atoms with Crippen molar-refractivity contribution < 1.29 is 13.9 Å². The lowest BCUT2D eigenvalue weighted by Crippen LogP contribution is -2.48. The molecule has 0 radical (unpaired) electrons. The van der Waals surface area contributed by atoms with Crippen molar-refractivity contribution in [3.8, 4) is 5.75 Å². The minimum absolute atomic E-state index is 0.0969. The molecule has 2 rings (SSSR count). The van der Waals surface area contributed by atoms with Crippen molar-refractivity contribution in [3.63, 3.8) is 0 Å². The molecule has 0 saturated carbocycles. The van der Waals surface area contributed by atoms with Gasteiger partial charge in [-0.3, -0.25) is 9.69 Å². The van der Waals surface area contributed by atoms with E-state index in [1.165, 1.54) is 12.1 Å². The highest BCUT2D eigenvalue weighted by Gasteiger charge is 2.16. The molecule has 1 aromatic carbocycles. The molecule has 21 heavy (non-hydrogen) atoms. The second kappa shape index (κ2) is 7.95. The van der Waals surface area contributed by atoms with Crippen molar-refractivity contribution in [1.29, 1.82) is 0 Å². The highest BCUT2D eigenvalue weighted by Crippen LogP contribution is 2.10. The predicted octanol–water partition coefficient (Wildman–Crippen LogP) is 0.568. The first-order valence-corrected chi connectivity index (χ1v) is 7.20. The molecule has 0 spiro atoms. The lowest BCUT2D eigenvalue weighted by Gasteiger charge is -2.28. The van der Waals surface area contributed by atoms with Gasteiger partial charge >= 0.3 is 0 Å². The van der Waals surface area contributed by atoms with E-state index in [0.29, 0.717) is 25.4 Å². The fourth-order valence-electron chi connectivity index (χ4n) is 2.14. The third-order valence-electron chi connectivity index (χ3n) is 3.50. The molecular weight excluding hydrogens is 273 g/mol. The molecule has 1 fully saturated rings. The molecule has 1 saturated heterocycles. The summed E-state index contributed by atoms with van der Waals surface area (Å²) in [5.74, 6) is 0.421. The molecule has 116 valence electrons. The van der Waals surface area contributed by atoms with E-state index < -0.39 is 0 Å². The number of halogens is 1. The molecule has 1 aromatic rings. The monoisotopic (exact) mass is 295 g/mol. The van der Waals surface area contributed by atoms with Crippen molar-refractivity contribution in [2.24, 2.45) is 0 Å². The zero-order valence-electron chi connectivity index (χ0n) is 12.3. The van der Waals surface area contributed by atoms with E-state index in [1.807, 2.05) is 0 Å². The van der Waals surface area contributed by atoms with Crippen LogP contribution in [0.15, 0.2) is 24.3 Å². The molecule has 0 bridgehead atoms. The Labute approximate surface area is 124 Å². The largest absolute Gasteiger partial charge is 0.492 e. The summed E-state index contributed by atoms with van der Waals surface area (Å²) in [7, 11) is 1.78. The maximum atomic E-state index is 12.7. The summed E-state index contributed by atoms with van der Waals surface area (Å²) in [5.41, 5.74) is 0. The average molecular weight is 295 g/mol. The number of rotatable bonds is 6. The van der Waals surface area contributed by atoms with Crippen molar-refractivity contribution >= 4 is 5.91 Å². The van der Waals surface area contributed by atoms with Crippen molar-refractivity contribution in [2.75, 3.05) is 52.9 Å². The van der Waals surface area contributed by atoms with E-state index >= 15 is 0 Å². The van der Waals surface area contributed by atoms with Crippen LogP contribution in [0.1, 0.15) is 0 Å². The standard InChI is InChI=1S/C15H22FN3O2/c1-18(15(20)12-19-8-6-17-7-9-19)10-11-21-14-4-2-13(16)3-5-14/h2-5,17H,6-12H2,1H3. The van der Waals surface area contributed by atoms with E-state index in [-0.39, 0.29) is 11.7 Å². The van der Waals surface area contributed by atoms with Gasteiger partial charge in [0.1, 0.15) is 18.2 Å². The van der Waals surface area contributed by atoms with Crippen LogP contribution in [0.2, 0.25) is 0 Å². The number of carbonyl (C=O) groups excluding carboxylic acids is 1. The molecule has 1 heterocycles. The van der Waals surface area contributed by atoms with Crippen molar-refractivity contribution in [3.05, 3.63) is 30.1 Å². The topological polar surface area (TPSA) is 44.8 Å². The lowest BCUT2D eigenvalue weighted by molar-refractivity contribution is -0.131. The van der Waals surface area contributed by atoms with Gasteiger partial charge < -0.3 is 15.0 Å². The van der Waals surface area contributed by atoms with Crippen LogP contribution in [0, 0.1) is 5.82 Å². The third-order valence-corrected chi connectivity index (χ3v) is 3.50. The van der Waals surface area contributed by atoms with Crippen LogP contribution in [0.25, 0.3) is 0 Å². The zero-order chi connectivity index (χ0) is 15.1. The van der Waals surface area contributed by atoms with E-state index in [4.69, 9.17) is 4.74 Å². The smallest absolute Gasteiger partial charge is 0.236 e. The first kappa shape index (κ1) is 15.7. The number of ether oxygens (including phenoxy) is 1. The Morgan fingerprint density at radius 3 is 2.67 bits per heavy atom. The highest BCUT2D eigenvalue weighted by atomic mass is 19.1. The number of hydrogen-bond acceptors (Lipinski definition) is 4. The Balaban J connectivity index is 1.67. The summed E-state index contributed by atoms with van der Waals surface area (Å²) in [5, 5.41) is 3.26. The normalized spacial score (nSPS) is 15.7. The Kier molecular flexibility index (Phi) is 5.95. The Hall–Kier alpha value is -1.66. The minimum atomic E-state index is -0.286. The Bertz CT molecular complexity index is 447. The Morgan fingerprint density at radius 1 is 1.33 bits per heavy atom. The molecular formula is C15H22FN3O2. The summed E-state index contributed by atoms with van der Waals surface area (Å²) in [4.78, 5) is 15.9. The number of benzene rings is 1. The van der Waals surface area contributed by atoms with Crippen LogP contribution < -0.4 is 10.1 Å². The average Bonchev–Trinajstić information content (AvgIpc) is 2.50. The lowest BCUT2D eigenvalue weighted by atomic mass is 10.3. The molecule has 0 unspecified atom stereocenters. The molecule has 0 aromatic heterocycles. The SMILES string of the molecule is CN(CCOc1ccc(F)cc1)C(=O)CN1CCNCC1. The second-order valence-corrected chi connectivity index (χ2v) is 5.14. The van der Waals surface area contributed by atoms with Gasteiger partial charge in [-0.05, 0) is 24.3 Å². The van der Waals surface area contributed by atoms with Crippen LogP contribution in [0.3, 0.4) is 0 Å². The molecule has 1 N–H and O–H groups in total. The first-order chi connectivity index (χ1) is 10.1. The van der Waals surface area contributed by atoms with Gasteiger partial charge in [0.25, 0.3) is 0 Å². The molecule has 6 heteroatoms. The van der Waals surface area contributed by atoms with Gasteiger partial charge in [0.05, 0.1) is 13.1 Å². The molecule has 1 aliphatic heterocycles. The number of nitrogens with one attached hydrogen (secondary N) is 1. The maximum absolute atomic E-state index is 12.7. The maximum Gasteiger partial charge on any atom is 0.236 e. The molecule has 1 amide bonds. The van der Waals surface area contributed by atoms with E-state index in [1.54, 1.807) is 24.1 Å². The van der Waals surface area contributed by atoms with Crippen molar-refractivity contribution in [2.45, 2.75) is 0 Å². The summed E-state index contributed by atoms with van der Waals surface area (Å²) in [6.07, 6.45) is 0. The van der Waals surface area contributed by atoms with Crippen LogP contribution in [0.5, 0.6) is 5.75 Å². The van der Waals surface area contributed by atoms with Gasteiger partial charge in [0.15, 0.2) is 0 Å². The van der Waals surface area contributed by atoms with E-state index in [0.717, 1.165) is 26.2 Å². The van der Waals surface area contributed by atoms with Gasteiger partial charge in [-0.2, -0.15) is 0 Å². The number of carbonyl (C=O) groups is 1. The van der Waals surface area contributed by atoms with Gasteiger partial charge in [-0.25, -0.2) is 4.39 Å². The van der Waals surface area contributed by atoms with Gasteiger partial charge in [-0.15, -0.1) is 0 Å². The molecule has 1 aliphatic rings. The van der Waals surface area contributed by atoms with Gasteiger partial charge in [-0.1, -0.05) is 0 Å². The Morgan fingerprint density at radius 2 is 2.00 bits per heavy atom. The number of amides is 1. The minimum Gasteiger partial charge on any atom is -0.492 e. The molecule has 0 atom stereocenters.